The van der Waals surface area contributed by atoms with Crippen LogP contribution in [0.5, 0.6) is 5.75 Å². The van der Waals surface area contributed by atoms with Crippen LogP contribution in [0.1, 0.15) is 10.4 Å². The smallest absolute Gasteiger partial charge is 0.250 e. The maximum Gasteiger partial charge on any atom is 0.250 e. The van der Waals surface area contributed by atoms with E-state index in [-0.39, 0.29) is 5.91 Å². The maximum absolute atomic E-state index is 11.8. The predicted molar refractivity (Wildman–Crippen MR) is 77.1 cm³/mol. The van der Waals surface area contributed by atoms with Gasteiger partial charge in [0.1, 0.15) is 12.4 Å². The largest absolute Gasteiger partial charge is 0.492 e. The fourth-order valence-corrected chi connectivity index (χ4v) is 1.97. The zero-order chi connectivity index (χ0) is 13.4. The van der Waals surface area contributed by atoms with Gasteiger partial charge in [0.2, 0.25) is 0 Å². The highest BCUT2D eigenvalue weighted by Crippen LogP contribution is 2.11. The summed E-state index contributed by atoms with van der Waals surface area (Å²) >= 11 is 0. The van der Waals surface area contributed by atoms with E-state index in [1.165, 1.54) is 0 Å². The molecule has 0 aromatic heterocycles. The number of nitrogens with one attached hydrogen (secondary N) is 2. The fraction of sp³-hybridized carbons (Fsp3) is 0.462. The highest BCUT2D eigenvalue weighted by atomic mass is 28.3. The molecule has 0 saturated carbocycles. The van der Waals surface area contributed by atoms with Gasteiger partial charge in [-0.1, -0.05) is 13.1 Å². The highest BCUT2D eigenvalue weighted by molar-refractivity contribution is 6.56. The van der Waals surface area contributed by atoms with E-state index in [1.54, 1.807) is 12.1 Å². The molecule has 0 aliphatic rings. The number of ether oxygens (including phenoxy) is 1. The average Bonchev–Trinajstić information content (AvgIpc) is 2.37. The summed E-state index contributed by atoms with van der Waals surface area (Å²) in [6.07, 6.45) is 0.833. The molecule has 0 saturated heterocycles. The van der Waals surface area contributed by atoms with Crippen LogP contribution in [0, 0.1) is 0 Å². The van der Waals surface area contributed by atoms with Crippen LogP contribution in [0.4, 0.5) is 0 Å². The summed E-state index contributed by atoms with van der Waals surface area (Å²) in [7, 11) is 1.14. The Labute approximate surface area is 110 Å². The molecule has 1 rings (SSSR count). The quantitative estimate of drug-likeness (QED) is 0.573. The van der Waals surface area contributed by atoms with Gasteiger partial charge in [-0.15, -0.1) is 0 Å². The summed E-state index contributed by atoms with van der Waals surface area (Å²) in [6, 6.07) is 7.26. The van der Waals surface area contributed by atoms with Gasteiger partial charge in [0, 0.05) is 18.3 Å². The maximum atomic E-state index is 11.8. The number of amides is 1. The number of carbonyl (C=O) groups is 1. The molecule has 0 spiro atoms. The molecule has 18 heavy (non-hydrogen) atoms. The fourth-order valence-electron chi connectivity index (χ4n) is 1.37. The summed E-state index contributed by atoms with van der Waals surface area (Å²) in [5, 5.41) is 5.95. The topological polar surface area (TPSA) is 50.4 Å². The van der Waals surface area contributed by atoms with Crippen LogP contribution in [0.2, 0.25) is 13.1 Å². The van der Waals surface area contributed by atoms with Crippen molar-refractivity contribution in [1.29, 1.82) is 0 Å². The first-order chi connectivity index (χ1) is 8.63. The van der Waals surface area contributed by atoms with Gasteiger partial charge in [-0.2, -0.15) is 0 Å². The van der Waals surface area contributed by atoms with Gasteiger partial charge in [0.25, 0.3) is 5.91 Å². The van der Waals surface area contributed by atoms with Gasteiger partial charge >= 0.3 is 0 Å². The van der Waals surface area contributed by atoms with Gasteiger partial charge in [-0.3, -0.25) is 4.79 Å². The summed E-state index contributed by atoms with van der Waals surface area (Å²) in [5.74, 6) is 0.790. The normalized spacial score (nSPS) is 10.4. The van der Waals surface area contributed by atoms with Crippen LogP contribution < -0.4 is 15.4 Å². The van der Waals surface area contributed by atoms with E-state index >= 15 is 0 Å². The molecule has 4 nitrogen and oxygen atoms in total. The van der Waals surface area contributed by atoms with Crippen LogP contribution in [-0.2, 0) is 0 Å². The molecular formula is C13H22N2O2Si. The van der Waals surface area contributed by atoms with Gasteiger partial charge < -0.3 is 15.4 Å². The van der Waals surface area contributed by atoms with Crippen molar-refractivity contribution in [2.45, 2.75) is 13.1 Å². The first kappa shape index (κ1) is 14.7. The zero-order valence-corrected chi connectivity index (χ0v) is 12.5. The Morgan fingerprint density at radius 2 is 1.94 bits per heavy atom. The lowest BCUT2D eigenvalue weighted by atomic mass is 10.2. The Morgan fingerprint density at radius 3 is 2.50 bits per heavy atom. The van der Waals surface area contributed by atoms with E-state index < -0.39 is 8.80 Å². The number of hydrogen-bond donors (Lipinski definition) is 2. The minimum atomic E-state index is -0.743. The number of rotatable bonds is 7. The van der Waals surface area contributed by atoms with Crippen LogP contribution in [0.25, 0.3) is 0 Å². The predicted octanol–water partition coefficient (Wildman–Crippen LogP) is 1.04. The molecule has 1 aromatic carbocycles. The van der Waals surface area contributed by atoms with Gasteiger partial charge in [0.15, 0.2) is 0 Å². The van der Waals surface area contributed by atoms with Crippen molar-refractivity contribution in [3.63, 3.8) is 0 Å². The van der Waals surface area contributed by atoms with E-state index in [0.29, 0.717) is 12.2 Å². The molecule has 2 N–H and O–H groups in total. The summed E-state index contributed by atoms with van der Waals surface area (Å²) < 4.78 is 5.49. The summed E-state index contributed by atoms with van der Waals surface area (Å²) in [5.41, 5.74) is 0.686. The van der Waals surface area contributed by atoms with E-state index in [0.717, 1.165) is 18.5 Å². The molecule has 100 valence electrons. The van der Waals surface area contributed by atoms with Crippen LogP contribution >= 0.6 is 0 Å². The Bertz CT molecular complexity index is 366. The molecule has 0 unspecified atom stereocenters. The molecule has 0 fully saturated rings. The van der Waals surface area contributed by atoms with E-state index in [4.69, 9.17) is 4.74 Å². The molecule has 0 aliphatic heterocycles. The SMILES string of the molecule is CNCCOc1ccc(C(=O)NC[SiH](C)C)cc1. The van der Waals surface area contributed by atoms with Crippen LogP contribution in [0.15, 0.2) is 24.3 Å². The standard InChI is InChI=1S/C13H22N2O2Si/c1-14-8-9-17-12-6-4-11(5-7-12)13(16)15-10-18(2)3/h4-7,14,18H,8-10H2,1-3H3,(H,15,16). The van der Waals surface area contributed by atoms with Gasteiger partial charge in [-0.05, 0) is 31.3 Å². The summed E-state index contributed by atoms with van der Waals surface area (Å²) in [4.78, 5) is 11.8. The Balaban J connectivity index is 2.46. The highest BCUT2D eigenvalue weighted by Gasteiger charge is 2.06. The van der Waals surface area contributed by atoms with Crippen molar-refractivity contribution >= 4 is 14.7 Å². The minimum Gasteiger partial charge on any atom is -0.492 e. The third-order valence-electron chi connectivity index (χ3n) is 2.41. The third-order valence-corrected chi connectivity index (χ3v) is 3.43. The lowest BCUT2D eigenvalue weighted by Gasteiger charge is -2.08. The third kappa shape index (κ3) is 5.33. The van der Waals surface area contributed by atoms with Crippen LogP contribution in [0.3, 0.4) is 0 Å². The Kier molecular flexibility index (Phi) is 6.46. The second kappa shape index (κ2) is 7.89. The zero-order valence-electron chi connectivity index (χ0n) is 11.3. The molecule has 0 aliphatic carbocycles. The van der Waals surface area contributed by atoms with Crippen molar-refractivity contribution < 1.29 is 9.53 Å². The Hall–Kier alpha value is -1.33. The first-order valence-corrected chi connectivity index (χ1v) is 9.41. The molecule has 0 radical (unpaired) electrons. The van der Waals surface area contributed by atoms with Crippen molar-refractivity contribution in [2.24, 2.45) is 0 Å². The Morgan fingerprint density at radius 1 is 1.28 bits per heavy atom. The second-order valence-corrected chi connectivity index (χ2v) is 7.78. The van der Waals surface area contributed by atoms with E-state index in [9.17, 15) is 4.79 Å². The molecule has 1 amide bonds. The number of hydrogen-bond acceptors (Lipinski definition) is 3. The molecule has 5 heteroatoms. The second-order valence-electron chi connectivity index (χ2n) is 4.58. The molecule has 0 heterocycles. The first-order valence-electron chi connectivity index (χ1n) is 6.29. The van der Waals surface area contributed by atoms with Crippen molar-refractivity contribution in [3.05, 3.63) is 29.8 Å². The van der Waals surface area contributed by atoms with Crippen molar-refractivity contribution in [1.82, 2.24) is 10.6 Å². The lowest BCUT2D eigenvalue weighted by Crippen LogP contribution is -2.31. The van der Waals surface area contributed by atoms with Crippen molar-refractivity contribution in [2.75, 3.05) is 26.4 Å². The lowest BCUT2D eigenvalue weighted by molar-refractivity contribution is 0.0960. The van der Waals surface area contributed by atoms with Crippen molar-refractivity contribution in [3.8, 4) is 5.75 Å². The van der Waals surface area contributed by atoms with E-state index in [2.05, 4.69) is 23.7 Å². The molecule has 0 bridgehead atoms. The van der Waals surface area contributed by atoms with Crippen LogP contribution in [-0.4, -0.2) is 41.1 Å². The van der Waals surface area contributed by atoms with E-state index in [1.807, 2.05) is 19.2 Å². The monoisotopic (exact) mass is 266 g/mol. The molecule has 0 atom stereocenters. The van der Waals surface area contributed by atoms with Gasteiger partial charge in [0.05, 0.1) is 8.80 Å². The van der Waals surface area contributed by atoms with Gasteiger partial charge in [-0.25, -0.2) is 0 Å². The number of benzene rings is 1. The number of likely N-dealkylation sites (N-methyl/N-ethyl adjacent to an activating group) is 1. The number of carbonyl (C=O) groups excluding carboxylic acids is 1. The summed E-state index contributed by atoms with van der Waals surface area (Å²) in [6.45, 7) is 5.85. The molecule has 1 aromatic rings. The minimum absolute atomic E-state index is 0.00188. The average molecular weight is 266 g/mol. The molecular weight excluding hydrogens is 244 g/mol.